The van der Waals surface area contributed by atoms with Crippen LogP contribution in [0.1, 0.15) is 49.3 Å². The van der Waals surface area contributed by atoms with Gasteiger partial charge >= 0.3 is 0 Å². The fraction of sp³-hybridized carbons (Fsp3) is 0.444. The number of nitrogens with two attached hydrogens (primary N) is 1. The normalized spacial score (nSPS) is 27.8. The fourth-order valence-electron chi connectivity index (χ4n) is 5.99. The monoisotopic (exact) mass is 530 g/mol. The average molecular weight is 531 g/mol. The van der Waals surface area contributed by atoms with Gasteiger partial charge in [-0.3, -0.25) is 19.3 Å². The van der Waals surface area contributed by atoms with Crippen molar-refractivity contribution >= 4 is 40.9 Å². The molecular formula is C27H31ClN2O7. The standard InChI is InChI=1S/C27H31ClN2O7/c1-4-5-6-14(28)9-12-7-8-17(31)19-15(12)10-13-11-16-21(30(2)3)23(33)20(26(29)36)25(35)27(16,37)24(34)18(13)22(19)32/h7-9,13,16,21,31-32,35,37H,4-6,10-11H2,1-3H3,(H2,29,36)/b14-9-/t13-,16-,21-,27-/m1/s1. The Labute approximate surface area is 219 Å². The summed E-state index contributed by atoms with van der Waals surface area (Å²) in [5, 5.41) is 45.0. The van der Waals surface area contributed by atoms with Gasteiger partial charge in [-0.1, -0.05) is 31.0 Å². The zero-order chi connectivity index (χ0) is 27.4. The van der Waals surface area contributed by atoms with Crippen LogP contribution in [-0.4, -0.2) is 68.5 Å². The largest absolute Gasteiger partial charge is 0.508 e. The van der Waals surface area contributed by atoms with E-state index >= 15 is 0 Å². The maximum Gasteiger partial charge on any atom is 0.255 e. The molecule has 37 heavy (non-hydrogen) atoms. The van der Waals surface area contributed by atoms with Crippen LogP contribution in [0.15, 0.2) is 34.1 Å². The molecule has 9 nitrogen and oxygen atoms in total. The molecule has 0 unspecified atom stereocenters. The highest BCUT2D eigenvalue weighted by atomic mass is 35.5. The quantitative estimate of drug-likeness (QED) is 0.351. The maximum absolute atomic E-state index is 13.8. The predicted molar refractivity (Wildman–Crippen MR) is 138 cm³/mol. The molecule has 1 aromatic carbocycles. The number of carbonyl (C=O) groups excluding carboxylic acids is 3. The highest BCUT2D eigenvalue weighted by Gasteiger charge is 2.64. The number of hydrogen-bond donors (Lipinski definition) is 5. The topological polar surface area (TPSA) is 161 Å². The van der Waals surface area contributed by atoms with Gasteiger partial charge in [0.25, 0.3) is 5.91 Å². The Balaban J connectivity index is 1.92. The van der Waals surface area contributed by atoms with Crippen LogP contribution in [0.2, 0.25) is 0 Å². The number of aromatic hydroxyl groups is 1. The lowest BCUT2D eigenvalue weighted by molar-refractivity contribution is -0.153. The van der Waals surface area contributed by atoms with Crippen LogP contribution in [0, 0.1) is 11.8 Å². The molecule has 0 radical (unpaired) electrons. The summed E-state index contributed by atoms with van der Waals surface area (Å²) in [6.45, 7) is 2.05. The number of carbonyl (C=O) groups is 3. The van der Waals surface area contributed by atoms with Crippen LogP contribution in [-0.2, 0) is 20.8 Å². The van der Waals surface area contributed by atoms with Crippen molar-refractivity contribution in [3.63, 3.8) is 0 Å². The first-order chi connectivity index (χ1) is 17.4. The maximum atomic E-state index is 13.8. The van der Waals surface area contributed by atoms with Crippen LogP contribution >= 0.6 is 11.6 Å². The zero-order valence-corrected chi connectivity index (χ0v) is 21.7. The number of halogens is 1. The highest BCUT2D eigenvalue weighted by molar-refractivity contribution is 6.31. The molecule has 3 aliphatic carbocycles. The Kier molecular flexibility index (Phi) is 7.00. The Hall–Kier alpha value is -3.14. The van der Waals surface area contributed by atoms with Gasteiger partial charge in [0, 0.05) is 16.5 Å². The minimum atomic E-state index is -2.65. The average Bonchev–Trinajstić information content (AvgIpc) is 2.81. The van der Waals surface area contributed by atoms with Gasteiger partial charge in [0.15, 0.2) is 11.4 Å². The minimum Gasteiger partial charge on any atom is -0.508 e. The number of nitrogens with zero attached hydrogens (tertiary/aromatic N) is 1. The number of ketones is 2. The van der Waals surface area contributed by atoms with E-state index in [1.807, 2.05) is 0 Å². The van der Waals surface area contributed by atoms with E-state index in [4.69, 9.17) is 17.3 Å². The number of Topliss-reactive ketones (excluding diaryl/α,β-unsaturated/α-hetero) is 2. The molecule has 1 fully saturated rings. The number of rotatable bonds is 6. The SMILES string of the molecule is CCCC/C(Cl)=C/c1ccc(O)c2c1C[C@@H]1C[C@@H]3[C@@H](N(C)C)C(=O)C(C(N)=O)=C(O)[C@]3(O)C(=O)C1=C2O. The van der Waals surface area contributed by atoms with Crippen LogP contribution in [0.4, 0.5) is 0 Å². The summed E-state index contributed by atoms with van der Waals surface area (Å²) in [4.78, 5) is 40.5. The third kappa shape index (κ3) is 4.05. The van der Waals surface area contributed by atoms with Crippen molar-refractivity contribution in [2.75, 3.05) is 14.1 Å². The number of likely N-dealkylation sites (N-methyl/N-ethyl adjacent to an activating group) is 1. The van der Waals surface area contributed by atoms with E-state index in [9.17, 15) is 34.8 Å². The van der Waals surface area contributed by atoms with Gasteiger partial charge < -0.3 is 26.2 Å². The molecule has 3 aliphatic rings. The van der Waals surface area contributed by atoms with Crippen molar-refractivity contribution in [3.05, 3.63) is 50.8 Å². The van der Waals surface area contributed by atoms with Gasteiger partial charge in [0.2, 0.25) is 5.78 Å². The molecule has 0 aliphatic heterocycles. The van der Waals surface area contributed by atoms with Gasteiger partial charge in [-0.05, 0) is 69.0 Å². The van der Waals surface area contributed by atoms with E-state index in [0.717, 1.165) is 12.8 Å². The van der Waals surface area contributed by atoms with Crippen molar-refractivity contribution in [1.82, 2.24) is 4.90 Å². The van der Waals surface area contributed by atoms with E-state index in [1.165, 1.54) is 11.0 Å². The molecule has 0 saturated heterocycles. The fourth-order valence-corrected chi connectivity index (χ4v) is 6.24. The predicted octanol–water partition coefficient (Wildman–Crippen LogP) is 2.73. The number of phenolic OH excluding ortho intramolecular Hbond substituents is 1. The summed E-state index contributed by atoms with van der Waals surface area (Å²) in [6, 6.07) is 1.95. The van der Waals surface area contributed by atoms with E-state index in [-0.39, 0.29) is 29.7 Å². The first-order valence-corrected chi connectivity index (χ1v) is 12.6. The van der Waals surface area contributed by atoms with E-state index in [2.05, 4.69) is 6.92 Å². The number of aliphatic hydroxyl groups excluding tert-OH is 2. The number of amides is 1. The number of unbranched alkanes of at least 4 members (excludes halogenated alkanes) is 1. The number of aliphatic hydroxyl groups is 3. The molecule has 0 aromatic heterocycles. The molecular weight excluding hydrogens is 500 g/mol. The number of fused-ring (bicyclic) bond motifs is 3. The summed E-state index contributed by atoms with van der Waals surface area (Å²) in [5.74, 6) is -6.71. The van der Waals surface area contributed by atoms with Crippen LogP contribution in [0.3, 0.4) is 0 Å². The number of primary amides is 1. The van der Waals surface area contributed by atoms with Gasteiger partial charge in [0.05, 0.1) is 11.6 Å². The van der Waals surface area contributed by atoms with Gasteiger partial charge in [-0.15, -0.1) is 0 Å². The summed E-state index contributed by atoms with van der Waals surface area (Å²) < 4.78 is 0. The van der Waals surface area contributed by atoms with Gasteiger partial charge in [0.1, 0.15) is 22.8 Å². The molecule has 6 N–H and O–H groups in total. The molecule has 1 amide bonds. The van der Waals surface area contributed by atoms with Crippen molar-refractivity contribution in [3.8, 4) is 5.75 Å². The number of phenols is 1. The van der Waals surface area contributed by atoms with E-state index in [1.54, 1.807) is 26.2 Å². The second-order valence-corrected chi connectivity index (χ2v) is 10.7. The summed E-state index contributed by atoms with van der Waals surface area (Å²) in [5.41, 5.74) is 2.98. The van der Waals surface area contributed by atoms with Crippen molar-refractivity contribution in [1.29, 1.82) is 0 Å². The second-order valence-electron chi connectivity index (χ2n) is 10.2. The second kappa shape index (κ2) is 9.63. The van der Waals surface area contributed by atoms with Gasteiger partial charge in [-0.2, -0.15) is 0 Å². The molecule has 1 aromatic rings. The summed E-state index contributed by atoms with van der Waals surface area (Å²) >= 11 is 6.43. The third-order valence-electron chi connectivity index (χ3n) is 7.72. The number of hydrogen-bond acceptors (Lipinski definition) is 8. The highest BCUT2D eigenvalue weighted by Crippen LogP contribution is 2.53. The lowest BCUT2D eigenvalue weighted by atomic mass is 9.57. The van der Waals surface area contributed by atoms with E-state index in [0.29, 0.717) is 22.6 Å². The lowest BCUT2D eigenvalue weighted by Crippen LogP contribution is -2.65. The van der Waals surface area contributed by atoms with Gasteiger partial charge in [-0.25, -0.2) is 0 Å². The van der Waals surface area contributed by atoms with E-state index < -0.39 is 58.0 Å². The van der Waals surface area contributed by atoms with Crippen LogP contribution < -0.4 is 5.73 Å². The number of benzene rings is 1. The zero-order valence-electron chi connectivity index (χ0n) is 20.9. The Bertz CT molecular complexity index is 1300. The first kappa shape index (κ1) is 26.9. The summed E-state index contributed by atoms with van der Waals surface area (Å²) in [7, 11) is 3.12. The Morgan fingerprint density at radius 1 is 1.24 bits per heavy atom. The molecule has 198 valence electrons. The third-order valence-corrected chi connectivity index (χ3v) is 8.02. The molecule has 0 bridgehead atoms. The lowest BCUT2D eigenvalue weighted by Gasteiger charge is -2.50. The molecule has 1 saturated carbocycles. The Morgan fingerprint density at radius 2 is 1.92 bits per heavy atom. The molecule has 10 heteroatoms. The van der Waals surface area contributed by atoms with Crippen molar-refractivity contribution < 1.29 is 34.8 Å². The first-order valence-electron chi connectivity index (χ1n) is 12.2. The molecule has 4 rings (SSSR count). The van der Waals surface area contributed by atoms with Crippen molar-refractivity contribution in [2.45, 2.75) is 50.7 Å². The molecule has 0 spiro atoms. The van der Waals surface area contributed by atoms with Crippen LogP contribution in [0.25, 0.3) is 11.8 Å². The summed E-state index contributed by atoms with van der Waals surface area (Å²) in [6.07, 6.45) is 4.55. The van der Waals surface area contributed by atoms with Crippen molar-refractivity contribution in [2.24, 2.45) is 17.6 Å². The molecule has 4 atom stereocenters. The smallest absolute Gasteiger partial charge is 0.255 e. The molecule has 0 heterocycles. The minimum absolute atomic E-state index is 0.0359. The Morgan fingerprint density at radius 3 is 2.51 bits per heavy atom. The number of allylic oxidation sites excluding steroid dienone is 1. The van der Waals surface area contributed by atoms with Crippen LogP contribution in [0.5, 0.6) is 5.75 Å².